The third-order valence-electron chi connectivity index (χ3n) is 1.39. The first-order valence-corrected chi connectivity index (χ1v) is 3.83. The number of halogens is 5. The van der Waals surface area contributed by atoms with Crippen molar-refractivity contribution >= 4 is 5.91 Å². The van der Waals surface area contributed by atoms with E-state index in [0.29, 0.717) is 0 Å². The molecule has 0 aromatic carbocycles. The van der Waals surface area contributed by atoms with E-state index in [0.717, 1.165) is 0 Å². The molecule has 86 valence electrons. The monoisotopic (exact) mass is 230 g/mol. The molecular weight excluding hydrogens is 223 g/mol. The Morgan fingerprint density at radius 1 is 1.27 bits per heavy atom. The Morgan fingerprint density at radius 2 is 1.80 bits per heavy atom. The molecule has 1 N–H and O–H groups in total. The highest BCUT2D eigenvalue weighted by Gasteiger charge is 2.63. The fraction of sp³-hybridized carbons (Fsp3) is 0.714. The second-order valence-electron chi connectivity index (χ2n) is 2.59. The van der Waals surface area contributed by atoms with Gasteiger partial charge in [-0.2, -0.15) is 27.2 Å². The van der Waals surface area contributed by atoms with Gasteiger partial charge in [0.25, 0.3) is 5.91 Å². The number of hydrogen-bond donors (Lipinski definition) is 1. The largest absolute Gasteiger partial charge is 0.463 e. The first-order chi connectivity index (χ1) is 6.73. The Bertz CT molecular complexity index is 268. The summed E-state index contributed by atoms with van der Waals surface area (Å²) in [6, 6.07) is 1.65. The van der Waals surface area contributed by atoms with Gasteiger partial charge in [-0.15, -0.1) is 0 Å². The van der Waals surface area contributed by atoms with E-state index < -0.39 is 24.6 Å². The van der Waals surface area contributed by atoms with Gasteiger partial charge in [-0.25, -0.2) is 0 Å². The maximum absolute atomic E-state index is 12.2. The van der Waals surface area contributed by atoms with E-state index in [1.54, 1.807) is 6.07 Å². The lowest BCUT2D eigenvalue weighted by Gasteiger charge is -2.18. The van der Waals surface area contributed by atoms with Crippen LogP contribution in [-0.4, -0.2) is 24.6 Å². The number of nitrogens with zero attached hydrogens (tertiary/aromatic N) is 1. The molecule has 8 heteroatoms. The van der Waals surface area contributed by atoms with Crippen molar-refractivity contribution in [3.05, 3.63) is 0 Å². The molecule has 15 heavy (non-hydrogen) atoms. The van der Waals surface area contributed by atoms with Crippen LogP contribution in [0.3, 0.4) is 0 Å². The summed E-state index contributed by atoms with van der Waals surface area (Å²) in [4.78, 5) is 10.4. The van der Waals surface area contributed by atoms with Crippen molar-refractivity contribution in [2.75, 3.05) is 6.54 Å². The van der Waals surface area contributed by atoms with Gasteiger partial charge < -0.3 is 5.32 Å². The van der Waals surface area contributed by atoms with Crippen LogP contribution in [0.25, 0.3) is 0 Å². The molecule has 0 atom stereocenters. The Morgan fingerprint density at radius 3 is 2.20 bits per heavy atom. The van der Waals surface area contributed by atoms with Crippen LogP contribution >= 0.6 is 0 Å². The first kappa shape index (κ1) is 13.6. The minimum Gasteiger partial charge on any atom is -0.351 e. The van der Waals surface area contributed by atoms with Gasteiger partial charge in [0.2, 0.25) is 0 Å². The van der Waals surface area contributed by atoms with E-state index in [-0.39, 0.29) is 12.8 Å². The molecule has 0 aliphatic heterocycles. The topological polar surface area (TPSA) is 52.9 Å². The first-order valence-electron chi connectivity index (χ1n) is 3.83. The SMILES string of the molecule is N#CCCCNC(=O)C(F)(F)C(F)(F)F. The van der Waals surface area contributed by atoms with Crippen LogP contribution in [0, 0.1) is 11.3 Å². The molecule has 0 spiro atoms. The van der Waals surface area contributed by atoms with Gasteiger partial charge in [-0.1, -0.05) is 0 Å². The average molecular weight is 230 g/mol. The van der Waals surface area contributed by atoms with Crippen LogP contribution in [0.2, 0.25) is 0 Å². The van der Waals surface area contributed by atoms with E-state index in [1.165, 1.54) is 5.32 Å². The Hall–Kier alpha value is -1.39. The summed E-state index contributed by atoms with van der Waals surface area (Å²) in [6.07, 6.45) is -5.90. The van der Waals surface area contributed by atoms with Crippen LogP contribution in [0.1, 0.15) is 12.8 Å². The molecule has 0 aromatic heterocycles. The third kappa shape index (κ3) is 3.69. The van der Waals surface area contributed by atoms with Crippen LogP contribution in [0.4, 0.5) is 22.0 Å². The summed E-state index contributed by atoms with van der Waals surface area (Å²) in [5, 5.41) is 9.43. The minimum absolute atomic E-state index is 0.0240. The van der Waals surface area contributed by atoms with E-state index in [1.807, 2.05) is 0 Å². The van der Waals surface area contributed by atoms with Crippen LogP contribution in [-0.2, 0) is 4.79 Å². The van der Waals surface area contributed by atoms with E-state index in [2.05, 4.69) is 0 Å². The van der Waals surface area contributed by atoms with Crippen molar-refractivity contribution in [1.82, 2.24) is 5.32 Å². The average Bonchev–Trinajstić information content (AvgIpc) is 2.10. The predicted octanol–water partition coefficient (Wildman–Crippen LogP) is 1.60. The molecule has 0 saturated carbocycles. The van der Waals surface area contributed by atoms with Crippen LogP contribution in [0.5, 0.6) is 0 Å². The fourth-order valence-corrected chi connectivity index (χ4v) is 0.609. The molecular formula is C7H7F5N2O. The molecule has 1 amide bonds. The minimum atomic E-state index is -5.90. The maximum Gasteiger partial charge on any atom is 0.463 e. The number of nitriles is 1. The van der Waals surface area contributed by atoms with Gasteiger partial charge in [0.1, 0.15) is 0 Å². The number of carbonyl (C=O) groups excluding carboxylic acids is 1. The Labute approximate surface area is 81.9 Å². The summed E-state index contributed by atoms with van der Waals surface area (Å²) in [5.41, 5.74) is 0. The lowest BCUT2D eigenvalue weighted by Crippen LogP contribution is -2.50. The Kier molecular flexibility index (Phi) is 4.45. The van der Waals surface area contributed by atoms with Crippen molar-refractivity contribution in [3.8, 4) is 6.07 Å². The van der Waals surface area contributed by atoms with Crippen LogP contribution in [0.15, 0.2) is 0 Å². The van der Waals surface area contributed by atoms with Crippen molar-refractivity contribution in [2.45, 2.75) is 24.9 Å². The van der Waals surface area contributed by atoms with E-state index >= 15 is 0 Å². The van der Waals surface area contributed by atoms with Crippen LogP contribution < -0.4 is 5.32 Å². The number of nitrogens with one attached hydrogen (secondary N) is 1. The molecule has 0 fully saturated rings. The summed E-state index contributed by atoms with van der Waals surface area (Å²) in [7, 11) is 0. The van der Waals surface area contributed by atoms with Crippen molar-refractivity contribution < 1.29 is 26.7 Å². The molecule has 0 heterocycles. The van der Waals surface area contributed by atoms with Gasteiger partial charge in [-0.3, -0.25) is 4.79 Å². The summed E-state index contributed by atoms with van der Waals surface area (Å²) in [6.45, 7) is -0.391. The van der Waals surface area contributed by atoms with E-state index in [9.17, 15) is 26.7 Å². The van der Waals surface area contributed by atoms with Gasteiger partial charge in [0.05, 0.1) is 6.07 Å². The van der Waals surface area contributed by atoms with E-state index in [4.69, 9.17) is 5.26 Å². The van der Waals surface area contributed by atoms with Gasteiger partial charge in [0, 0.05) is 13.0 Å². The quantitative estimate of drug-likeness (QED) is 0.589. The molecule has 0 saturated heterocycles. The number of rotatable bonds is 4. The molecule has 0 bridgehead atoms. The highest BCUT2D eigenvalue weighted by molar-refractivity contribution is 5.84. The lowest BCUT2D eigenvalue weighted by atomic mass is 10.3. The lowest BCUT2D eigenvalue weighted by molar-refractivity contribution is -0.269. The molecule has 0 unspecified atom stereocenters. The van der Waals surface area contributed by atoms with Crippen molar-refractivity contribution in [3.63, 3.8) is 0 Å². The second kappa shape index (κ2) is 4.91. The van der Waals surface area contributed by atoms with Gasteiger partial charge in [0.15, 0.2) is 0 Å². The highest BCUT2D eigenvalue weighted by atomic mass is 19.4. The number of carbonyl (C=O) groups is 1. The summed E-state index contributed by atoms with van der Waals surface area (Å²) < 4.78 is 59.3. The van der Waals surface area contributed by atoms with Crippen molar-refractivity contribution in [2.24, 2.45) is 0 Å². The molecule has 0 radical (unpaired) electrons. The number of alkyl halides is 5. The zero-order valence-electron chi connectivity index (χ0n) is 7.37. The molecule has 0 rings (SSSR count). The highest BCUT2D eigenvalue weighted by Crippen LogP contribution is 2.35. The van der Waals surface area contributed by atoms with Crippen molar-refractivity contribution in [1.29, 1.82) is 5.26 Å². The number of hydrogen-bond acceptors (Lipinski definition) is 2. The standard InChI is InChI=1S/C7H7F5N2O/c8-6(9,7(10,11)12)5(15)14-4-2-1-3-13/h1-2,4H2,(H,14,15). The summed E-state index contributed by atoms with van der Waals surface area (Å²) in [5.74, 6) is -7.78. The normalized spacial score (nSPS) is 12.0. The zero-order chi connectivity index (χ0) is 12.1. The van der Waals surface area contributed by atoms with Gasteiger partial charge in [-0.05, 0) is 6.42 Å². The smallest absolute Gasteiger partial charge is 0.351 e. The van der Waals surface area contributed by atoms with Gasteiger partial charge >= 0.3 is 12.1 Å². The Balaban J connectivity index is 4.17. The molecule has 0 aromatic rings. The fourth-order valence-electron chi connectivity index (χ4n) is 0.609. The molecule has 0 aliphatic carbocycles. The molecule has 3 nitrogen and oxygen atoms in total. The zero-order valence-corrected chi connectivity index (χ0v) is 7.37. The second-order valence-corrected chi connectivity index (χ2v) is 2.59. The predicted molar refractivity (Wildman–Crippen MR) is 38.9 cm³/mol. The maximum atomic E-state index is 12.2. The number of amides is 1. The number of unbranched alkanes of at least 4 members (excludes halogenated alkanes) is 1. The molecule has 0 aliphatic rings. The third-order valence-corrected chi connectivity index (χ3v) is 1.39. The summed E-state index contributed by atoms with van der Waals surface area (Å²) >= 11 is 0.